The Bertz CT molecular complexity index is 1690. The Morgan fingerprint density at radius 2 is 1.73 bits per heavy atom. The number of nitrogens with one attached hydrogen (secondary N) is 1. The highest BCUT2D eigenvalue weighted by Crippen LogP contribution is 2.34. The monoisotopic (exact) mass is 585 g/mol. The molecule has 0 unspecified atom stereocenters. The summed E-state index contributed by atoms with van der Waals surface area (Å²) in [5, 5.41) is 5.39. The number of nitrogen functional groups attached to an aromatic ring is 2. The normalized spacial score (nSPS) is 13.9. The SMILES string of the molecule is Nc1cn[nH]c(=O)c1C(F)(F)F.Nc1nc(-c2cc3ccn(CCC4CCC4)c(=O)c3cc2F)ncc1C(F)(F)F. The molecule has 1 aliphatic rings. The first kappa shape index (κ1) is 29.5. The molecule has 0 saturated heterocycles. The van der Waals surface area contributed by atoms with Gasteiger partial charge in [-0.3, -0.25) is 9.59 Å². The van der Waals surface area contributed by atoms with Gasteiger partial charge in [0.25, 0.3) is 11.1 Å². The highest BCUT2D eigenvalue weighted by Gasteiger charge is 2.36. The Kier molecular flexibility index (Phi) is 8.03. The van der Waals surface area contributed by atoms with E-state index in [4.69, 9.17) is 11.5 Å². The largest absolute Gasteiger partial charge is 0.423 e. The number of aryl methyl sites for hydroxylation is 1. The highest BCUT2D eigenvalue weighted by atomic mass is 19.4. The third-order valence-electron chi connectivity index (χ3n) is 6.60. The third kappa shape index (κ3) is 6.47. The fourth-order valence-electron chi connectivity index (χ4n) is 4.20. The van der Waals surface area contributed by atoms with Gasteiger partial charge >= 0.3 is 12.4 Å². The zero-order valence-electron chi connectivity index (χ0n) is 21.0. The number of alkyl halides is 6. The lowest BCUT2D eigenvalue weighted by Crippen LogP contribution is -2.24. The Labute approximate surface area is 226 Å². The first-order valence-corrected chi connectivity index (χ1v) is 12.1. The lowest BCUT2D eigenvalue weighted by Gasteiger charge is -2.25. The number of nitrogens with two attached hydrogens (primary N) is 2. The summed E-state index contributed by atoms with van der Waals surface area (Å²) in [5.41, 5.74) is 5.26. The number of hydrogen-bond acceptors (Lipinski definition) is 7. The van der Waals surface area contributed by atoms with Crippen molar-refractivity contribution in [3.05, 3.63) is 74.4 Å². The lowest BCUT2D eigenvalue weighted by molar-refractivity contribution is -0.138. The summed E-state index contributed by atoms with van der Waals surface area (Å²) >= 11 is 0. The standard InChI is InChI=1S/C20H18F4N4O.C5H4F3N3O/c21-16-9-13-12(5-7-28(19(13)29)6-4-11-2-1-3-11)8-14(16)18-26-10-15(17(25)27-18)20(22,23)24;6-5(7,8)3-2(9)1-10-11-4(3)12/h5,7-11H,1-4,6H2,(H2,25,26,27);1H,(H3,9,11,12). The molecule has 1 aliphatic carbocycles. The lowest BCUT2D eigenvalue weighted by atomic mass is 9.83. The fourth-order valence-corrected chi connectivity index (χ4v) is 4.20. The van der Waals surface area contributed by atoms with Gasteiger partial charge in [0.15, 0.2) is 5.82 Å². The van der Waals surface area contributed by atoms with E-state index in [1.165, 1.54) is 25.3 Å². The van der Waals surface area contributed by atoms with Gasteiger partial charge in [-0.2, -0.15) is 31.4 Å². The molecule has 1 saturated carbocycles. The number of H-pyrrole nitrogens is 1. The number of benzene rings is 1. The summed E-state index contributed by atoms with van der Waals surface area (Å²) in [4.78, 5) is 30.5. The van der Waals surface area contributed by atoms with Crippen molar-refractivity contribution in [2.45, 2.75) is 44.6 Å². The molecule has 41 heavy (non-hydrogen) atoms. The Hall–Kier alpha value is -4.50. The number of rotatable bonds is 4. The van der Waals surface area contributed by atoms with Crippen LogP contribution in [0, 0.1) is 11.7 Å². The Morgan fingerprint density at radius 3 is 2.27 bits per heavy atom. The van der Waals surface area contributed by atoms with Gasteiger partial charge in [0.05, 0.1) is 22.8 Å². The molecule has 1 aromatic carbocycles. The maximum absolute atomic E-state index is 14.7. The maximum Gasteiger partial charge on any atom is 0.423 e. The van der Waals surface area contributed by atoms with Crippen molar-refractivity contribution in [2.75, 3.05) is 11.5 Å². The van der Waals surface area contributed by atoms with Gasteiger partial charge in [-0.25, -0.2) is 19.5 Å². The number of fused-ring (bicyclic) bond motifs is 1. The van der Waals surface area contributed by atoms with Crippen LogP contribution in [0.25, 0.3) is 22.2 Å². The van der Waals surface area contributed by atoms with E-state index in [9.17, 15) is 40.3 Å². The number of aromatic nitrogens is 5. The third-order valence-corrected chi connectivity index (χ3v) is 6.60. The van der Waals surface area contributed by atoms with Crippen LogP contribution in [0.2, 0.25) is 0 Å². The molecule has 0 amide bonds. The zero-order valence-corrected chi connectivity index (χ0v) is 21.0. The molecular weight excluding hydrogens is 563 g/mol. The van der Waals surface area contributed by atoms with E-state index in [0.717, 1.165) is 18.7 Å². The predicted octanol–water partition coefficient (Wildman–Crippen LogP) is 4.76. The molecule has 3 aromatic heterocycles. The molecule has 16 heteroatoms. The predicted molar refractivity (Wildman–Crippen MR) is 135 cm³/mol. The molecule has 9 nitrogen and oxygen atoms in total. The van der Waals surface area contributed by atoms with Crippen molar-refractivity contribution in [2.24, 2.45) is 5.92 Å². The van der Waals surface area contributed by atoms with Gasteiger partial charge < -0.3 is 16.0 Å². The van der Waals surface area contributed by atoms with Crippen LogP contribution in [0.5, 0.6) is 0 Å². The smallest absolute Gasteiger partial charge is 0.397 e. The zero-order chi connectivity index (χ0) is 30.1. The molecule has 1 fully saturated rings. The number of aromatic amines is 1. The minimum Gasteiger partial charge on any atom is -0.397 e. The number of halogens is 7. The molecule has 218 valence electrons. The second kappa shape index (κ2) is 11.2. The van der Waals surface area contributed by atoms with Gasteiger partial charge in [-0.1, -0.05) is 19.3 Å². The van der Waals surface area contributed by atoms with Gasteiger partial charge in [0.1, 0.15) is 22.8 Å². The molecule has 5 rings (SSSR count). The average Bonchev–Trinajstić information content (AvgIpc) is 2.83. The molecule has 0 bridgehead atoms. The van der Waals surface area contributed by atoms with Crippen LogP contribution < -0.4 is 22.6 Å². The quantitative estimate of drug-likeness (QED) is 0.293. The van der Waals surface area contributed by atoms with Crippen molar-refractivity contribution in [3.63, 3.8) is 0 Å². The van der Waals surface area contributed by atoms with Crippen LogP contribution in [0.1, 0.15) is 36.8 Å². The summed E-state index contributed by atoms with van der Waals surface area (Å²) in [6.07, 6.45) is -2.04. The molecule has 0 spiro atoms. The van der Waals surface area contributed by atoms with E-state index in [1.807, 2.05) is 0 Å². The fraction of sp³-hybridized carbons (Fsp3) is 0.320. The van der Waals surface area contributed by atoms with Gasteiger partial charge in [-0.15, -0.1) is 0 Å². The summed E-state index contributed by atoms with van der Waals surface area (Å²) < 4.78 is 90.6. The van der Waals surface area contributed by atoms with E-state index >= 15 is 0 Å². The molecule has 4 aromatic rings. The summed E-state index contributed by atoms with van der Waals surface area (Å²) in [7, 11) is 0. The summed E-state index contributed by atoms with van der Waals surface area (Å²) in [6.45, 7) is 0.571. The van der Waals surface area contributed by atoms with Crippen LogP contribution in [-0.2, 0) is 18.9 Å². The molecule has 0 aliphatic heterocycles. The first-order valence-electron chi connectivity index (χ1n) is 12.1. The van der Waals surface area contributed by atoms with E-state index in [2.05, 4.69) is 15.1 Å². The Morgan fingerprint density at radius 1 is 1.02 bits per heavy atom. The second-order valence-electron chi connectivity index (χ2n) is 9.34. The number of anilines is 2. The van der Waals surface area contributed by atoms with E-state index < -0.39 is 46.4 Å². The topological polar surface area (TPSA) is 146 Å². The number of pyridine rings is 1. The van der Waals surface area contributed by atoms with Crippen LogP contribution in [0.4, 0.5) is 42.2 Å². The Balaban J connectivity index is 0.000000271. The maximum atomic E-state index is 14.7. The van der Waals surface area contributed by atoms with Gasteiger partial charge in [-0.05, 0) is 35.9 Å². The van der Waals surface area contributed by atoms with E-state index in [0.29, 0.717) is 24.0 Å². The highest BCUT2D eigenvalue weighted by molar-refractivity contribution is 5.86. The molecular formula is C25H22F7N7O2. The van der Waals surface area contributed by atoms with Crippen LogP contribution >= 0.6 is 0 Å². The number of nitrogens with zero attached hydrogens (tertiary/aromatic N) is 4. The van der Waals surface area contributed by atoms with Crippen LogP contribution in [0.15, 0.2) is 46.4 Å². The van der Waals surface area contributed by atoms with Gasteiger partial charge in [0.2, 0.25) is 0 Å². The van der Waals surface area contributed by atoms with Crippen molar-refractivity contribution in [3.8, 4) is 11.4 Å². The van der Waals surface area contributed by atoms with Crippen molar-refractivity contribution < 1.29 is 30.7 Å². The van der Waals surface area contributed by atoms with E-state index in [1.54, 1.807) is 21.9 Å². The van der Waals surface area contributed by atoms with Crippen molar-refractivity contribution in [1.82, 2.24) is 24.7 Å². The van der Waals surface area contributed by atoms with Gasteiger partial charge in [0, 0.05) is 18.9 Å². The molecule has 0 atom stereocenters. The van der Waals surface area contributed by atoms with Crippen molar-refractivity contribution in [1.29, 1.82) is 0 Å². The van der Waals surface area contributed by atoms with Crippen LogP contribution in [0.3, 0.4) is 0 Å². The van der Waals surface area contributed by atoms with Crippen molar-refractivity contribution >= 4 is 22.3 Å². The average molecular weight is 585 g/mol. The minimum atomic E-state index is -4.74. The summed E-state index contributed by atoms with van der Waals surface area (Å²) in [5.74, 6) is -1.22. The number of hydrogen-bond donors (Lipinski definition) is 3. The molecule has 3 heterocycles. The first-order chi connectivity index (χ1) is 19.2. The molecule has 5 N–H and O–H groups in total. The van der Waals surface area contributed by atoms with E-state index in [-0.39, 0.29) is 22.3 Å². The van der Waals surface area contributed by atoms with Crippen LogP contribution in [-0.4, -0.2) is 24.7 Å². The second-order valence-corrected chi connectivity index (χ2v) is 9.34. The minimum absolute atomic E-state index is 0.121. The summed E-state index contributed by atoms with van der Waals surface area (Å²) in [6, 6.07) is 4.10. The molecule has 0 radical (unpaired) electrons.